The molecule has 2 heterocycles. The maximum atomic E-state index is 2.44. The summed E-state index contributed by atoms with van der Waals surface area (Å²) in [5.41, 5.74) is 7.03. The van der Waals surface area contributed by atoms with Crippen molar-refractivity contribution in [3.8, 4) is 0 Å². The van der Waals surface area contributed by atoms with Crippen molar-refractivity contribution in [2.75, 3.05) is 19.0 Å². The second kappa shape index (κ2) is 8.00. The van der Waals surface area contributed by atoms with Crippen molar-refractivity contribution in [2.45, 2.75) is 51.0 Å². The number of hydrogen-bond acceptors (Lipinski definition) is 1. The minimum atomic E-state index is 0.0270. The van der Waals surface area contributed by atoms with E-state index in [9.17, 15) is 0 Å². The molecule has 1 atom stereocenters. The lowest BCUT2D eigenvalue weighted by Crippen LogP contribution is -2.38. The van der Waals surface area contributed by atoms with Gasteiger partial charge in [0.25, 0.3) is 0 Å². The molecule has 0 radical (unpaired) electrons. The molecule has 0 amide bonds. The van der Waals surface area contributed by atoms with Crippen LogP contribution in [0.1, 0.15) is 45.2 Å². The molecular weight excluding hydrogens is 376 g/mol. The van der Waals surface area contributed by atoms with E-state index in [1.54, 1.807) is 0 Å². The molecule has 0 bridgehead atoms. The molecular formula is C29H35N2+. The molecule has 2 aromatic rings. The van der Waals surface area contributed by atoms with Crippen LogP contribution >= 0.6 is 0 Å². The minimum absolute atomic E-state index is 0.0270. The lowest BCUT2D eigenvalue weighted by Gasteiger charge is -2.31. The van der Waals surface area contributed by atoms with Gasteiger partial charge in [-0.1, -0.05) is 80.6 Å². The van der Waals surface area contributed by atoms with E-state index in [0.29, 0.717) is 6.04 Å². The van der Waals surface area contributed by atoms with Crippen molar-refractivity contribution in [1.29, 1.82) is 0 Å². The van der Waals surface area contributed by atoms with Gasteiger partial charge in [0, 0.05) is 41.9 Å². The summed E-state index contributed by atoms with van der Waals surface area (Å²) in [5.74, 6) is 0. The van der Waals surface area contributed by atoms with E-state index in [2.05, 4.69) is 136 Å². The van der Waals surface area contributed by atoms with Gasteiger partial charge in [-0.2, -0.15) is 4.58 Å². The van der Waals surface area contributed by atoms with E-state index in [0.717, 1.165) is 6.42 Å². The van der Waals surface area contributed by atoms with Crippen LogP contribution < -0.4 is 4.90 Å². The number of benzene rings is 2. The Kier molecular flexibility index (Phi) is 5.51. The Hall–Kier alpha value is -2.87. The molecule has 4 rings (SSSR count). The zero-order valence-electron chi connectivity index (χ0n) is 19.8. The topological polar surface area (TPSA) is 6.25 Å². The monoisotopic (exact) mass is 411 g/mol. The fourth-order valence-corrected chi connectivity index (χ4v) is 5.47. The molecule has 31 heavy (non-hydrogen) atoms. The maximum absolute atomic E-state index is 2.44. The van der Waals surface area contributed by atoms with Crippen molar-refractivity contribution in [3.63, 3.8) is 0 Å². The van der Waals surface area contributed by atoms with E-state index in [1.807, 2.05) is 0 Å². The molecule has 2 aliphatic rings. The molecule has 2 heteroatoms. The lowest BCUT2D eigenvalue weighted by atomic mass is 9.79. The fraction of sp³-hybridized carbons (Fsp3) is 0.345. The normalized spacial score (nSPS) is 21.6. The summed E-state index contributed by atoms with van der Waals surface area (Å²) in [6, 6.07) is 18.0. The van der Waals surface area contributed by atoms with Crippen LogP contribution in [0.2, 0.25) is 0 Å². The van der Waals surface area contributed by atoms with Crippen LogP contribution in [0.25, 0.3) is 0 Å². The standard InChI is InChI=1S/C29H35N2/c1-28(2)22-16-12-14-18-24(22)30(5)26(28)20-10-8-7-9-11-21-27-29(3,4)23-17-13-15-19-25(23)31(27)6/h7-20,27H,21H2,1-6H3/q+1. The predicted octanol–water partition coefficient (Wildman–Crippen LogP) is 6.55. The van der Waals surface area contributed by atoms with Crippen molar-refractivity contribution in [3.05, 3.63) is 96.1 Å². The van der Waals surface area contributed by atoms with Gasteiger partial charge >= 0.3 is 0 Å². The van der Waals surface area contributed by atoms with Gasteiger partial charge in [-0.3, -0.25) is 0 Å². The Labute approximate surface area is 187 Å². The molecule has 0 saturated carbocycles. The second-order valence-electron chi connectivity index (χ2n) is 9.86. The van der Waals surface area contributed by atoms with Gasteiger partial charge < -0.3 is 4.90 Å². The summed E-state index contributed by atoms with van der Waals surface area (Å²) in [6.45, 7) is 9.33. The number of para-hydroxylation sites is 2. The quantitative estimate of drug-likeness (QED) is 0.399. The number of anilines is 1. The van der Waals surface area contributed by atoms with Crippen molar-refractivity contribution < 1.29 is 4.58 Å². The zero-order valence-corrected chi connectivity index (χ0v) is 19.8. The van der Waals surface area contributed by atoms with Gasteiger partial charge in [0.2, 0.25) is 5.69 Å². The third kappa shape index (κ3) is 3.59. The van der Waals surface area contributed by atoms with E-state index >= 15 is 0 Å². The number of nitrogens with zero attached hydrogens (tertiary/aromatic N) is 2. The zero-order chi connectivity index (χ0) is 22.2. The summed E-state index contributed by atoms with van der Waals surface area (Å²) in [4.78, 5) is 2.44. The SMILES string of the molecule is CN1c2ccccc2C(C)(C)C1CC=CC=CC=CC1=[N+](C)c2ccccc2C1(C)C. The molecule has 2 nitrogen and oxygen atoms in total. The highest BCUT2D eigenvalue weighted by Crippen LogP contribution is 2.45. The Bertz CT molecular complexity index is 1100. The third-order valence-electron chi connectivity index (χ3n) is 7.30. The molecule has 2 aliphatic heterocycles. The molecule has 160 valence electrons. The van der Waals surface area contributed by atoms with Crippen LogP contribution in [0.3, 0.4) is 0 Å². The van der Waals surface area contributed by atoms with Gasteiger partial charge in [0.15, 0.2) is 5.71 Å². The van der Waals surface area contributed by atoms with Crippen molar-refractivity contribution in [1.82, 2.24) is 0 Å². The Morgan fingerprint density at radius 3 is 2.23 bits per heavy atom. The molecule has 0 saturated heterocycles. The molecule has 2 aromatic carbocycles. The first-order valence-electron chi connectivity index (χ1n) is 11.3. The third-order valence-corrected chi connectivity index (χ3v) is 7.30. The maximum Gasteiger partial charge on any atom is 0.209 e. The van der Waals surface area contributed by atoms with Gasteiger partial charge in [-0.05, 0) is 31.9 Å². The Morgan fingerprint density at radius 2 is 1.52 bits per heavy atom. The van der Waals surface area contributed by atoms with E-state index in [4.69, 9.17) is 0 Å². The lowest BCUT2D eigenvalue weighted by molar-refractivity contribution is -0.401. The average Bonchev–Trinajstić information content (AvgIpc) is 3.07. The summed E-state index contributed by atoms with van der Waals surface area (Å²) < 4.78 is 2.31. The van der Waals surface area contributed by atoms with Crippen LogP contribution in [0.5, 0.6) is 0 Å². The second-order valence-corrected chi connectivity index (χ2v) is 9.86. The smallest absolute Gasteiger partial charge is 0.209 e. The Morgan fingerprint density at radius 1 is 0.871 bits per heavy atom. The largest absolute Gasteiger partial charge is 0.370 e. The van der Waals surface area contributed by atoms with Crippen LogP contribution in [-0.4, -0.2) is 30.4 Å². The van der Waals surface area contributed by atoms with Gasteiger partial charge in [0.05, 0.1) is 5.41 Å². The van der Waals surface area contributed by atoms with Gasteiger partial charge in [-0.25, -0.2) is 0 Å². The van der Waals surface area contributed by atoms with Crippen LogP contribution in [-0.2, 0) is 10.8 Å². The first kappa shape index (κ1) is 21.4. The number of rotatable bonds is 5. The molecule has 0 N–H and O–H groups in total. The van der Waals surface area contributed by atoms with E-state index < -0.39 is 0 Å². The van der Waals surface area contributed by atoms with E-state index in [1.165, 1.54) is 28.2 Å². The first-order valence-corrected chi connectivity index (χ1v) is 11.3. The van der Waals surface area contributed by atoms with Crippen molar-refractivity contribution >= 4 is 17.1 Å². The van der Waals surface area contributed by atoms with Gasteiger partial charge in [-0.15, -0.1) is 0 Å². The summed E-state index contributed by atoms with van der Waals surface area (Å²) in [5, 5.41) is 0. The molecule has 0 aliphatic carbocycles. The molecule has 1 unspecified atom stereocenters. The number of allylic oxidation sites excluding steroid dienone is 5. The average molecular weight is 412 g/mol. The minimum Gasteiger partial charge on any atom is -0.370 e. The van der Waals surface area contributed by atoms with Gasteiger partial charge in [0.1, 0.15) is 7.05 Å². The van der Waals surface area contributed by atoms with E-state index in [-0.39, 0.29) is 10.8 Å². The highest BCUT2D eigenvalue weighted by Gasteiger charge is 2.43. The number of fused-ring (bicyclic) bond motifs is 2. The highest BCUT2D eigenvalue weighted by atomic mass is 15.2. The predicted molar refractivity (Wildman–Crippen MR) is 134 cm³/mol. The molecule has 0 fully saturated rings. The van der Waals surface area contributed by atoms with Crippen LogP contribution in [0.4, 0.5) is 11.4 Å². The summed E-state index contributed by atoms with van der Waals surface area (Å²) >= 11 is 0. The molecule has 0 spiro atoms. The highest BCUT2D eigenvalue weighted by molar-refractivity contribution is 6.03. The first-order chi connectivity index (χ1) is 14.8. The Balaban J connectivity index is 1.39. The van der Waals surface area contributed by atoms with Crippen molar-refractivity contribution in [2.24, 2.45) is 0 Å². The summed E-state index contributed by atoms with van der Waals surface area (Å²) in [7, 11) is 4.38. The number of likely N-dealkylation sites (N-methyl/N-ethyl adjacent to an activating group) is 1. The van der Waals surface area contributed by atoms with Crippen LogP contribution in [0, 0.1) is 0 Å². The van der Waals surface area contributed by atoms with Crippen LogP contribution in [0.15, 0.2) is 85.0 Å². The fourth-order valence-electron chi connectivity index (χ4n) is 5.47. The summed E-state index contributed by atoms with van der Waals surface area (Å²) in [6.07, 6.45) is 14.2. The molecule has 0 aromatic heterocycles. The number of hydrogen-bond donors (Lipinski definition) is 0.